The van der Waals surface area contributed by atoms with Gasteiger partial charge in [-0.25, -0.2) is 0 Å². The third kappa shape index (κ3) is 4.09. The molecule has 1 nitrogen and oxygen atoms in total. The summed E-state index contributed by atoms with van der Waals surface area (Å²) in [6.45, 7) is 5.22. The van der Waals surface area contributed by atoms with E-state index in [1.54, 1.807) is 0 Å². The maximum atomic E-state index is 5.88. The molecular formula is C17H20ClN. The van der Waals surface area contributed by atoms with E-state index in [1.165, 1.54) is 16.7 Å². The molecule has 2 rings (SSSR count). The number of rotatable bonds is 5. The third-order valence-electron chi connectivity index (χ3n) is 3.41. The molecule has 0 aliphatic rings. The van der Waals surface area contributed by atoms with Crippen LogP contribution < -0.4 is 5.32 Å². The Labute approximate surface area is 120 Å². The van der Waals surface area contributed by atoms with Crippen molar-refractivity contribution in [2.75, 3.05) is 0 Å². The minimum Gasteiger partial charge on any atom is -0.306 e. The van der Waals surface area contributed by atoms with Crippen LogP contribution in [0.25, 0.3) is 0 Å². The second-order valence-electron chi connectivity index (χ2n) is 4.82. The van der Waals surface area contributed by atoms with Gasteiger partial charge in [0.1, 0.15) is 0 Å². The van der Waals surface area contributed by atoms with E-state index in [9.17, 15) is 0 Å². The topological polar surface area (TPSA) is 12.0 Å². The van der Waals surface area contributed by atoms with Crippen LogP contribution in [0.2, 0.25) is 5.02 Å². The fourth-order valence-corrected chi connectivity index (χ4v) is 2.16. The van der Waals surface area contributed by atoms with Crippen molar-refractivity contribution in [1.82, 2.24) is 5.32 Å². The van der Waals surface area contributed by atoms with Crippen molar-refractivity contribution in [1.29, 1.82) is 0 Å². The van der Waals surface area contributed by atoms with E-state index in [2.05, 4.69) is 55.6 Å². The number of hydrogen-bond donors (Lipinski definition) is 1. The van der Waals surface area contributed by atoms with Crippen molar-refractivity contribution in [3.63, 3.8) is 0 Å². The predicted molar refractivity (Wildman–Crippen MR) is 82.5 cm³/mol. The summed E-state index contributed by atoms with van der Waals surface area (Å²) in [5, 5.41) is 4.31. The summed E-state index contributed by atoms with van der Waals surface area (Å²) in [5.41, 5.74) is 3.96. The highest BCUT2D eigenvalue weighted by atomic mass is 35.5. The van der Waals surface area contributed by atoms with Crippen LogP contribution in [0.1, 0.15) is 36.6 Å². The van der Waals surface area contributed by atoms with E-state index in [-0.39, 0.29) is 0 Å². The van der Waals surface area contributed by atoms with Crippen molar-refractivity contribution in [3.8, 4) is 0 Å². The van der Waals surface area contributed by atoms with Crippen molar-refractivity contribution in [3.05, 3.63) is 70.2 Å². The molecule has 2 aromatic carbocycles. The summed E-state index contributed by atoms with van der Waals surface area (Å²) in [7, 11) is 0. The van der Waals surface area contributed by atoms with Crippen LogP contribution in [0.15, 0.2) is 48.5 Å². The van der Waals surface area contributed by atoms with Gasteiger partial charge in [-0.05, 0) is 42.2 Å². The van der Waals surface area contributed by atoms with Crippen molar-refractivity contribution >= 4 is 11.6 Å². The van der Waals surface area contributed by atoms with Gasteiger partial charge in [0.05, 0.1) is 0 Å². The number of nitrogens with one attached hydrogen (secondary N) is 1. The highest BCUT2D eigenvalue weighted by molar-refractivity contribution is 6.30. The molecule has 19 heavy (non-hydrogen) atoms. The molecular weight excluding hydrogens is 254 g/mol. The first kappa shape index (κ1) is 14.1. The number of halogens is 1. The zero-order valence-electron chi connectivity index (χ0n) is 11.5. The summed E-state index contributed by atoms with van der Waals surface area (Å²) in [6.07, 6.45) is 1.09. The maximum absolute atomic E-state index is 5.88. The SMILES string of the molecule is CCc1ccc(C(C)NCc2ccc(Cl)cc2)cc1. The normalized spacial score (nSPS) is 12.4. The molecule has 0 saturated heterocycles. The molecule has 1 unspecified atom stereocenters. The van der Waals surface area contributed by atoms with E-state index in [0.29, 0.717) is 6.04 Å². The average Bonchev–Trinajstić information content (AvgIpc) is 2.46. The molecule has 2 aromatic rings. The minimum absolute atomic E-state index is 0.349. The van der Waals surface area contributed by atoms with Crippen molar-refractivity contribution in [2.24, 2.45) is 0 Å². The molecule has 1 N–H and O–H groups in total. The molecule has 0 aliphatic heterocycles. The first-order valence-electron chi connectivity index (χ1n) is 6.75. The van der Waals surface area contributed by atoms with Crippen molar-refractivity contribution < 1.29 is 0 Å². The van der Waals surface area contributed by atoms with E-state index >= 15 is 0 Å². The summed E-state index contributed by atoms with van der Waals surface area (Å²) < 4.78 is 0. The fraction of sp³-hybridized carbons (Fsp3) is 0.294. The van der Waals surface area contributed by atoms with Gasteiger partial charge in [-0.2, -0.15) is 0 Å². The first-order chi connectivity index (χ1) is 9.19. The third-order valence-corrected chi connectivity index (χ3v) is 3.67. The molecule has 1 atom stereocenters. The lowest BCUT2D eigenvalue weighted by Gasteiger charge is -2.15. The molecule has 0 heterocycles. The highest BCUT2D eigenvalue weighted by Gasteiger charge is 2.04. The van der Waals surface area contributed by atoms with Gasteiger partial charge in [-0.15, -0.1) is 0 Å². The lowest BCUT2D eigenvalue weighted by atomic mass is 10.0. The number of benzene rings is 2. The quantitative estimate of drug-likeness (QED) is 0.829. The zero-order valence-corrected chi connectivity index (χ0v) is 12.2. The minimum atomic E-state index is 0.349. The monoisotopic (exact) mass is 273 g/mol. The molecule has 0 radical (unpaired) electrons. The second-order valence-corrected chi connectivity index (χ2v) is 5.26. The van der Waals surface area contributed by atoms with Crippen LogP contribution >= 0.6 is 11.6 Å². The average molecular weight is 274 g/mol. The van der Waals surface area contributed by atoms with E-state index in [1.807, 2.05) is 12.1 Å². The molecule has 0 spiro atoms. The van der Waals surface area contributed by atoms with Gasteiger partial charge in [0, 0.05) is 17.6 Å². The first-order valence-corrected chi connectivity index (χ1v) is 7.13. The predicted octanol–water partition coefficient (Wildman–Crippen LogP) is 4.75. The Hall–Kier alpha value is -1.31. The van der Waals surface area contributed by atoms with Crippen LogP contribution in [0.5, 0.6) is 0 Å². The van der Waals surface area contributed by atoms with Gasteiger partial charge in [0.2, 0.25) is 0 Å². The van der Waals surface area contributed by atoms with Gasteiger partial charge in [0.25, 0.3) is 0 Å². The fourth-order valence-electron chi connectivity index (χ4n) is 2.03. The molecule has 0 fully saturated rings. The summed E-state index contributed by atoms with van der Waals surface area (Å²) in [4.78, 5) is 0. The van der Waals surface area contributed by atoms with Gasteiger partial charge in [-0.3, -0.25) is 0 Å². The lowest BCUT2D eigenvalue weighted by Crippen LogP contribution is -2.17. The van der Waals surface area contributed by atoms with Gasteiger partial charge < -0.3 is 5.32 Å². The summed E-state index contributed by atoms with van der Waals surface area (Å²) >= 11 is 5.88. The summed E-state index contributed by atoms with van der Waals surface area (Å²) in [5.74, 6) is 0. The largest absolute Gasteiger partial charge is 0.306 e. The molecule has 0 saturated carbocycles. The zero-order chi connectivity index (χ0) is 13.7. The molecule has 0 amide bonds. The lowest BCUT2D eigenvalue weighted by molar-refractivity contribution is 0.574. The second kappa shape index (κ2) is 6.74. The van der Waals surface area contributed by atoms with Crippen LogP contribution in [0, 0.1) is 0 Å². The van der Waals surface area contributed by atoms with E-state index in [0.717, 1.165) is 18.0 Å². The highest BCUT2D eigenvalue weighted by Crippen LogP contribution is 2.15. The maximum Gasteiger partial charge on any atom is 0.0406 e. The van der Waals surface area contributed by atoms with Crippen LogP contribution in [-0.4, -0.2) is 0 Å². The van der Waals surface area contributed by atoms with Gasteiger partial charge >= 0.3 is 0 Å². The standard InChI is InChI=1S/C17H20ClN/c1-3-14-4-8-16(9-5-14)13(2)19-12-15-6-10-17(18)11-7-15/h4-11,13,19H,3,12H2,1-2H3. The number of hydrogen-bond acceptors (Lipinski definition) is 1. The molecule has 2 heteroatoms. The van der Waals surface area contributed by atoms with E-state index in [4.69, 9.17) is 11.6 Å². The Morgan fingerprint density at radius 3 is 2.11 bits per heavy atom. The molecule has 0 aromatic heterocycles. The van der Waals surface area contributed by atoms with Crippen LogP contribution in [0.3, 0.4) is 0 Å². The Morgan fingerprint density at radius 2 is 1.53 bits per heavy atom. The van der Waals surface area contributed by atoms with Crippen LogP contribution in [0.4, 0.5) is 0 Å². The molecule has 100 valence electrons. The van der Waals surface area contributed by atoms with Crippen LogP contribution in [-0.2, 0) is 13.0 Å². The van der Waals surface area contributed by atoms with E-state index < -0.39 is 0 Å². The molecule has 0 aliphatic carbocycles. The Morgan fingerprint density at radius 1 is 0.947 bits per heavy atom. The van der Waals surface area contributed by atoms with Gasteiger partial charge in [0.15, 0.2) is 0 Å². The Kier molecular flexibility index (Phi) is 5.00. The summed E-state index contributed by atoms with van der Waals surface area (Å²) in [6, 6.07) is 17.1. The Bertz CT molecular complexity index is 502. The molecule has 0 bridgehead atoms. The van der Waals surface area contributed by atoms with Gasteiger partial charge in [-0.1, -0.05) is 54.9 Å². The smallest absolute Gasteiger partial charge is 0.0406 e. The Balaban J connectivity index is 1.93. The number of aryl methyl sites for hydroxylation is 1. The van der Waals surface area contributed by atoms with Crippen molar-refractivity contribution in [2.45, 2.75) is 32.9 Å².